The minimum absolute atomic E-state index is 0.0523. The minimum Gasteiger partial charge on any atom is -0.508 e. The quantitative estimate of drug-likeness (QED) is 0.372. The molecule has 2 atom stereocenters. The van der Waals surface area contributed by atoms with Crippen molar-refractivity contribution in [3.05, 3.63) is 94.8 Å². The highest BCUT2D eigenvalue weighted by Crippen LogP contribution is 2.42. The number of hydrogen-bond acceptors (Lipinski definition) is 3. The third-order valence-electron chi connectivity index (χ3n) is 8.11. The highest BCUT2D eigenvalue weighted by atomic mass is 19.1. The van der Waals surface area contributed by atoms with E-state index in [2.05, 4.69) is 28.4 Å². The maximum atomic E-state index is 13.3. The van der Waals surface area contributed by atoms with Gasteiger partial charge < -0.3 is 10.4 Å². The Bertz CT molecular complexity index is 1190. The summed E-state index contributed by atoms with van der Waals surface area (Å²) in [6.45, 7) is 2.48. The number of rotatable bonds is 8. The first-order chi connectivity index (χ1) is 18.0. The molecule has 1 saturated heterocycles. The van der Waals surface area contributed by atoms with Gasteiger partial charge in [0.15, 0.2) is 0 Å². The summed E-state index contributed by atoms with van der Waals surface area (Å²) in [5.41, 5.74) is 5.82. The van der Waals surface area contributed by atoms with Crippen molar-refractivity contribution in [2.75, 3.05) is 25.0 Å². The molecule has 0 spiro atoms. The maximum Gasteiger partial charge on any atom is 0.238 e. The molecule has 194 valence electrons. The van der Waals surface area contributed by atoms with E-state index in [9.17, 15) is 14.3 Å². The number of carbonyl (C=O) groups excluding carboxylic acids is 1. The van der Waals surface area contributed by atoms with Gasteiger partial charge in [0.2, 0.25) is 5.91 Å². The number of piperidine rings is 1. The molecule has 37 heavy (non-hydrogen) atoms. The van der Waals surface area contributed by atoms with Crippen LogP contribution >= 0.6 is 0 Å². The first kappa shape index (κ1) is 25.5. The number of anilines is 1. The first-order valence-corrected chi connectivity index (χ1v) is 13.7. The van der Waals surface area contributed by atoms with E-state index in [0.717, 1.165) is 50.9 Å². The molecule has 2 N–H and O–H groups in total. The molecule has 3 aromatic rings. The van der Waals surface area contributed by atoms with Crippen molar-refractivity contribution in [2.24, 2.45) is 5.92 Å². The van der Waals surface area contributed by atoms with Crippen molar-refractivity contribution in [1.82, 2.24) is 4.90 Å². The molecule has 4 nitrogen and oxygen atoms in total. The first-order valence-electron chi connectivity index (χ1n) is 13.7. The van der Waals surface area contributed by atoms with E-state index in [1.165, 1.54) is 41.5 Å². The van der Waals surface area contributed by atoms with E-state index in [0.29, 0.717) is 24.1 Å². The Labute approximate surface area is 219 Å². The lowest BCUT2D eigenvalue weighted by Gasteiger charge is -2.34. The smallest absolute Gasteiger partial charge is 0.238 e. The number of aryl methyl sites for hydroxylation is 2. The maximum absolute atomic E-state index is 13.3. The fourth-order valence-electron chi connectivity index (χ4n) is 6.09. The number of likely N-dealkylation sites (tertiary alicyclic amines) is 1. The predicted molar refractivity (Wildman–Crippen MR) is 146 cm³/mol. The zero-order valence-corrected chi connectivity index (χ0v) is 21.5. The molecule has 1 heterocycles. The van der Waals surface area contributed by atoms with Crippen LogP contribution in [-0.4, -0.2) is 35.5 Å². The highest BCUT2D eigenvalue weighted by Gasteiger charge is 2.29. The van der Waals surface area contributed by atoms with Gasteiger partial charge >= 0.3 is 0 Å². The largest absolute Gasteiger partial charge is 0.508 e. The van der Waals surface area contributed by atoms with E-state index in [-0.39, 0.29) is 11.7 Å². The van der Waals surface area contributed by atoms with Crippen molar-refractivity contribution in [3.63, 3.8) is 0 Å². The predicted octanol–water partition coefficient (Wildman–Crippen LogP) is 6.48. The summed E-state index contributed by atoms with van der Waals surface area (Å²) in [6.07, 6.45) is 8.54. The van der Waals surface area contributed by atoms with Crippen LogP contribution in [0.15, 0.2) is 66.7 Å². The van der Waals surface area contributed by atoms with Crippen LogP contribution in [-0.2, 0) is 24.1 Å². The van der Waals surface area contributed by atoms with Gasteiger partial charge in [-0.2, -0.15) is 0 Å². The number of nitrogens with one attached hydrogen (secondary N) is 1. The lowest BCUT2D eigenvalue weighted by atomic mass is 9.70. The van der Waals surface area contributed by atoms with Gasteiger partial charge in [-0.3, -0.25) is 9.69 Å². The zero-order valence-electron chi connectivity index (χ0n) is 21.5. The Morgan fingerprint density at radius 2 is 1.68 bits per heavy atom. The number of carbonyl (C=O) groups is 1. The van der Waals surface area contributed by atoms with Crippen molar-refractivity contribution >= 4 is 11.6 Å². The van der Waals surface area contributed by atoms with Crippen LogP contribution in [0.5, 0.6) is 5.75 Å². The third-order valence-corrected chi connectivity index (χ3v) is 8.11. The minimum atomic E-state index is -0.195. The average Bonchev–Trinajstić information content (AvgIpc) is 2.90. The summed E-state index contributed by atoms with van der Waals surface area (Å²) in [5, 5.41) is 13.1. The molecule has 2 aliphatic rings. The number of phenolic OH excluding ortho intramolecular Hbond substituents is 1. The number of benzene rings is 3. The number of amides is 1. The summed E-state index contributed by atoms with van der Waals surface area (Å²) in [7, 11) is 0. The molecule has 1 amide bonds. The van der Waals surface area contributed by atoms with Crippen LogP contribution in [0.2, 0.25) is 0 Å². The van der Waals surface area contributed by atoms with Crippen molar-refractivity contribution in [3.8, 4) is 5.75 Å². The Kier molecular flexibility index (Phi) is 8.20. The molecule has 2 unspecified atom stereocenters. The molecule has 0 aromatic heterocycles. The van der Waals surface area contributed by atoms with Gasteiger partial charge in [0.05, 0.1) is 6.54 Å². The third kappa shape index (κ3) is 6.78. The van der Waals surface area contributed by atoms with Crippen LogP contribution in [0.3, 0.4) is 0 Å². The summed E-state index contributed by atoms with van der Waals surface area (Å²) < 4.78 is 13.3. The van der Waals surface area contributed by atoms with Crippen LogP contribution in [0.4, 0.5) is 10.1 Å². The van der Waals surface area contributed by atoms with Gasteiger partial charge in [-0.15, -0.1) is 0 Å². The van der Waals surface area contributed by atoms with E-state index < -0.39 is 0 Å². The second-order valence-corrected chi connectivity index (χ2v) is 10.7. The Morgan fingerprint density at radius 1 is 0.946 bits per heavy atom. The molecule has 1 aliphatic carbocycles. The summed E-state index contributed by atoms with van der Waals surface area (Å²) in [4.78, 5) is 14.7. The molecule has 1 fully saturated rings. The topological polar surface area (TPSA) is 52.6 Å². The fourth-order valence-corrected chi connectivity index (χ4v) is 6.09. The Hall–Kier alpha value is -3.18. The summed E-state index contributed by atoms with van der Waals surface area (Å²) >= 11 is 0. The average molecular weight is 501 g/mol. The number of aromatic hydroxyl groups is 1. The van der Waals surface area contributed by atoms with Gasteiger partial charge in [-0.05, 0) is 129 Å². The van der Waals surface area contributed by atoms with Crippen molar-refractivity contribution < 1.29 is 14.3 Å². The van der Waals surface area contributed by atoms with Gasteiger partial charge in [-0.1, -0.05) is 36.8 Å². The highest BCUT2D eigenvalue weighted by molar-refractivity contribution is 5.92. The number of halogens is 1. The molecule has 0 saturated carbocycles. The molecule has 0 bridgehead atoms. The molecular weight excluding hydrogens is 463 g/mol. The molecule has 0 radical (unpaired) electrons. The molecule has 5 rings (SSSR count). The standard InChI is InChI=1S/C32H37FN2O2/c33-27-12-5-23(6-13-27)4-9-25-10-11-26-21-29(36)16-17-30(26)31(25)20-24-7-14-28(15-8-24)34-32(37)22-35-18-2-1-3-19-35/h5-8,12-17,21,25,31,36H,1-4,9-11,18-20,22H2,(H,34,37). The van der Waals surface area contributed by atoms with Gasteiger partial charge in [0.25, 0.3) is 0 Å². The van der Waals surface area contributed by atoms with E-state index in [1.807, 2.05) is 30.3 Å². The van der Waals surface area contributed by atoms with Crippen LogP contribution in [0, 0.1) is 11.7 Å². The zero-order chi connectivity index (χ0) is 25.6. The molecule has 5 heteroatoms. The number of fused-ring (bicyclic) bond motifs is 1. The van der Waals surface area contributed by atoms with E-state index in [1.54, 1.807) is 18.2 Å². The van der Waals surface area contributed by atoms with Crippen molar-refractivity contribution in [1.29, 1.82) is 0 Å². The van der Waals surface area contributed by atoms with Crippen LogP contribution < -0.4 is 5.32 Å². The van der Waals surface area contributed by atoms with E-state index in [4.69, 9.17) is 0 Å². The number of hydrogen-bond donors (Lipinski definition) is 2. The Morgan fingerprint density at radius 3 is 2.43 bits per heavy atom. The molecule has 1 aliphatic heterocycles. The normalized spacial score (nSPS) is 19.8. The van der Waals surface area contributed by atoms with Crippen LogP contribution in [0.25, 0.3) is 0 Å². The number of phenols is 1. The van der Waals surface area contributed by atoms with Crippen LogP contribution in [0.1, 0.15) is 60.3 Å². The fraction of sp³-hybridized carbons (Fsp3) is 0.406. The van der Waals surface area contributed by atoms with Crippen molar-refractivity contribution in [2.45, 2.75) is 57.3 Å². The van der Waals surface area contributed by atoms with E-state index >= 15 is 0 Å². The number of nitrogens with zero attached hydrogens (tertiary/aromatic N) is 1. The summed E-state index contributed by atoms with van der Waals surface area (Å²) in [5.74, 6) is 1.04. The van der Waals surface area contributed by atoms with Gasteiger partial charge in [0, 0.05) is 5.69 Å². The van der Waals surface area contributed by atoms with Gasteiger partial charge in [0.1, 0.15) is 11.6 Å². The van der Waals surface area contributed by atoms with Gasteiger partial charge in [-0.25, -0.2) is 4.39 Å². The second-order valence-electron chi connectivity index (χ2n) is 10.7. The second kappa shape index (κ2) is 11.9. The molecule has 3 aromatic carbocycles. The molecular formula is C32H37FN2O2. The Balaban J connectivity index is 1.26. The summed E-state index contributed by atoms with van der Waals surface area (Å²) in [6, 6.07) is 20.9. The lowest BCUT2D eigenvalue weighted by molar-refractivity contribution is -0.117. The lowest BCUT2D eigenvalue weighted by Crippen LogP contribution is -2.36. The monoisotopic (exact) mass is 500 g/mol. The SMILES string of the molecule is O=C(CN1CCCCC1)Nc1ccc(CC2c3ccc(O)cc3CCC2CCc2ccc(F)cc2)cc1.